The van der Waals surface area contributed by atoms with Crippen molar-refractivity contribution in [3.8, 4) is 0 Å². The summed E-state index contributed by atoms with van der Waals surface area (Å²) in [4.78, 5) is 20.3. The molecular formula is C6H9NO3. The third-order valence-electron chi connectivity index (χ3n) is 1.44. The predicted molar refractivity (Wildman–Crippen MR) is 33.4 cm³/mol. The van der Waals surface area contributed by atoms with Gasteiger partial charge in [-0.2, -0.15) is 0 Å². The van der Waals surface area contributed by atoms with E-state index in [4.69, 9.17) is 5.11 Å². The van der Waals surface area contributed by atoms with Crippen molar-refractivity contribution in [2.45, 2.75) is 12.8 Å². The van der Waals surface area contributed by atoms with Crippen LogP contribution in [0, 0.1) is 5.92 Å². The lowest BCUT2D eigenvalue weighted by Gasteiger charge is -1.96. The highest BCUT2D eigenvalue weighted by Crippen LogP contribution is 2.27. The number of hydrogen-bond acceptors (Lipinski definition) is 2. The monoisotopic (exact) mass is 143 g/mol. The van der Waals surface area contributed by atoms with Gasteiger partial charge < -0.3 is 10.4 Å². The number of carbonyl (C=O) groups is 2. The van der Waals surface area contributed by atoms with Gasteiger partial charge in [0.2, 0.25) is 0 Å². The average molecular weight is 143 g/mol. The van der Waals surface area contributed by atoms with Gasteiger partial charge in [-0.25, -0.2) is 4.79 Å². The molecule has 1 fully saturated rings. The Balaban J connectivity index is 2.11. The smallest absolute Gasteiger partial charge is 0.394 e. The van der Waals surface area contributed by atoms with Gasteiger partial charge in [0.1, 0.15) is 0 Å². The molecular weight excluding hydrogens is 134 g/mol. The molecule has 0 atom stereocenters. The van der Waals surface area contributed by atoms with Gasteiger partial charge in [0.05, 0.1) is 0 Å². The SMILES string of the molecule is O=C(O)C(=O)NCC1CC1. The zero-order valence-electron chi connectivity index (χ0n) is 5.46. The molecule has 0 heterocycles. The van der Waals surface area contributed by atoms with E-state index in [0.29, 0.717) is 12.5 Å². The second-order valence-corrected chi connectivity index (χ2v) is 2.46. The van der Waals surface area contributed by atoms with Crippen LogP contribution in [0.15, 0.2) is 0 Å². The number of hydrogen-bond donors (Lipinski definition) is 2. The third kappa shape index (κ3) is 2.05. The van der Waals surface area contributed by atoms with E-state index in [1.807, 2.05) is 0 Å². The minimum atomic E-state index is -1.40. The van der Waals surface area contributed by atoms with Crippen molar-refractivity contribution < 1.29 is 14.7 Å². The summed E-state index contributed by atoms with van der Waals surface area (Å²) in [6, 6.07) is 0. The van der Waals surface area contributed by atoms with Gasteiger partial charge in [0.15, 0.2) is 0 Å². The minimum Gasteiger partial charge on any atom is -0.474 e. The Labute approximate surface area is 58.2 Å². The Morgan fingerprint density at radius 3 is 2.50 bits per heavy atom. The Bertz CT molecular complexity index is 162. The summed E-state index contributed by atoms with van der Waals surface area (Å²) in [5, 5.41) is 10.4. The zero-order valence-corrected chi connectivity index (χ0v) is 5.46. The summed E-state index contributed by atoms with van der Waals surface area (Å²) >= 11 is 0. The van der Waals surface area contributed by atoms with Gasteiger partial charge in [-0.05, 0) is 18.8 Å². The first kappa shape index (κ1) is 7.05. The summed E-state index contributed by atoms with van der Waals surface area (Å²) in [7, 11) is 0. The Kier molecular flexibility index (Phi) is 1.89. The number of rotatable bonds is 2. The standard InChI is InChI=1S/C6H9NO3/c8-5(6(9)10)7-3-4-1-2-4/h4H,1-3H2,(H,7,8)(H,9,10). The minimum absolute atomic E-state index is 0.519. The van der Waals surface area contributed by atoms with Crippen molar-refractivity contribution in [2.75, 3.05) is 6.54 Å². The van der Waals surface area contributed by atoms with E-state index < -0.39 is 11.9 Å². The maximum Gasteiger partial charge on any atom is 0.394 e. The molecule has 0 bridgehead atoms. The molecule has 4 heteroatoms. The van der Waals surface area contributed by atoms with Gasteiger partial charge in [-0.15, -0.1) is 0 Å². The molecule has 2 N–H and O–H groups in total. The number of carboxylic acid groups (broad SMARTS) is 1. The first-order chi connectivity index (χ1) is 4.70. The maximum atomic E-state index is 10.4. The van der Waals surface area contributed by atoms with Crippen LogP contribution < -0.4 is 5.32 Å². The van der Waals surface area contributed by atoms with Crippen molar-refractivity contribution in [3.63, 3.8) is 0 Å². The van der Waals surface area contributed by atoms with Crippen LogP contribution in [0.2, 0.25) is 0 Å². The van der Waals surface area contributed by atoms with Crippen LogP contribution >= 0.6 is 0 Å². The Morgan fingerprint density at radius 2 is 2.10 bits per heavy atom. The van der Waals surface area contributed by atoms with Crippen LogP contribution in [0.25, 0.3) is 0 Å². The summed E-state index contributed by atoms with van der Waals surface area (Å²) in [5.41, 5.74) is 0. The molecule has 1 amide bonds. The molecule has 0 saturated heterocycles. The summed E-state index contributed by atoms with van der Waals surface area (Å²) in [6.45, 7) is 0.519. The van der Waals surface area contributed by atoms with Crippen molar-refractivity contribution in [3.05, 3.63) is 0 Å². The Hall–Kier alpha value is -1.06. The highest BCUT2D eigenvalue weighted by molar-refractivity contribution is 6.31. The molecule has 4 nitrogen and oxygen atoms in total. The van der Waals surface area contributed by atoms with Crippen LogP contribution in [-0.4, -0.2) is 23.5 Å². The van der Waals surface area contributed by atoms with Gasteiger partial charge in [-0.1, -0.05) is 0 Å². The highest BCUT2D eigenvalue weighted by atomic mass is 16.4. The predicted octanol–water partition coefficient (Wildman–Crippen LogP) is -0.403. The van der Waals surface area contributed by atoms with Gasteiger partial charge in [-0.3, -0.25) is 4.79 Å². The van der Waals surface area contributed by atoms with E-state index in [2.05, 4.69) is 5.32 Å². The second kappa shape index (κ2) is 2.68. The fourth-order valence-corrected chi connectivity index (χ4v) is 0.635. The van der Waals surface area contributed by atoms with Crippen LogP contribution in [0.1, 0.15) is 12.8 Å². The normalized spacial score (nSPS) is 16.4. The van der Waals surface area contributed by atoms with Crippen molar-refractivity contribution in [1.82, 2.24) is 5.32 Å². The lowest BCUT2D eigenvalue weighted by molar-refractivity contribution is -0.150. The first-order valence-electron chi connectivity index (χ1n) is 3.21. The largest absolute Gasteiger partial charge is 0.474 e. The Morgan fingerprint density at radius 1 is 1.50 bits per heavy atom. The number of carboxylic acids is 1. The molecule has 1 saturated carbocycles. The molecule has 0 spiro atoms. The molecule has 0 aliphatic heterocycles. The maximum absolute atomic E-state index is 10.4. The topological polar surface area (TPSA) is 66.4 Å². The molecule has 1 rings (SSSR count). The molecule has 10 heavy (non-hydrogen) atoms. The summed E-state index contributed by atoms with van der Waals surface area (Å²) < 4.78 is 0. The average Bonchev–Trinajstić information content (AvgIpc) is 2.64. The van der Waals surface area contributed by atoms with Crippen molar-refractivity contribution in [2.24, 2.45) is 5.92 Å². The molecule has 0 aromatic heterocycles. The van der Waals surface area contributed by atoms with Crippen LogP contribution in [0.5, 0.6) is 0 Å². The lowest BCUT2D eigenvalue weighted by Crippen LogP contribution is -2.32. The number of nitrogens with one attached hydrogen (secondary N) is 1. The number of amides is 1. The molecule has 0 unspecified atom stereocenters. The summed E-state index contributed by atoms with van der Waals surface area (Å²) in [6.07, 6.45) is 2.22. The first-order valence-corrected chi connectivity index (χ1v) is 3.21. The number of aliphatic carboxylic acids is 1. The molecule has 1 aliphatic rings. The van der Waals surface area contributed by atoms with Crippen molar-refractivity contribution in [1.29, 1.82) is 0 Å². The van der Waals surface area contributed by atoms with E-state index in [1.165, 1.54) is 0 Å². The zero-order chi connectivity index (χ0) is 7.56. The summed E-state index contributed by atoms with van der Waals surface area (Å²) in [5.74, 6) is -1.77. The van der Waals surface area contributed by atoms with E-state index in [-0.39, 0.29) is 0 Å². The molecule has 1 aliphatic carbocycles. The number of carbonyl (C=O) groups excluding carboxylic acids is 1. The second-order valence-electron chi connectivity index (χ2n) is 2.46. The fraction of sp³-hybridized carbons (Fsp3) is 0.667. The molecule has 0 radical (unpaired) electrons. The fourth-order valence-electron chi connectivity index (χ4n) is 0.635. The molecule has 56 valence electrons. The lowest BCUT2D eigenvalue weighted by atomic mass is 10.4. The van der Waals surface area contributed by atoms with Crippen molar-refractivity contribution >= 4 is 11.9 Å². The van der Waals surface area contributed by atoms with E-state index in [1.54, 1.807) is 0 Å². The van der Waals surface area contributed by atoms with Gasteiger partial charge in [0, 0.05) is 6.54 Å². The van der Waals surface area contributed by atoms with Crippen LogP contribution in [0.3, 0.4) is 0 Å². The van der Waals surface area contributed by atoms with E-state index in [0.717, 1.165) is 12.8 Å². The van der Waals surface area contributed by atoms with E-state index >= 15 is 0 Å². The van der Waals surface area contributed by atoms with Crippen LogP contribution in [-0.2, 0) is 9.59 Å². The van der Waals surface area contributed by atoms with Crippen LogP contribution in [0.4, 0.5) is 0 Å². The van der Waals surface area contributed by atoms with Gasteiger partial charge in [0.25, 0.3) is 0 Å². The highest BCUT2D eigenvalue weighted by Gasteiger charge is 2.22. The molecule has 0 aromatic carbocycles. The third-order valence-corrected chi connectivity index (χ3v) is 1.44. The quantitative estimate of drug-likeness (QED) is 0.517. The van der Waals surface area contributed by atoms with E-state index in [9.17, 15) is 9.59 Å². The molecule has 0 aromatic rings. The van der Waals surface area contributed by atoms with Gasteiger partial charge >= 0.3 is 11.9 Å².